The van der Waals surface area contributed by atoms with Crippen LogP contribution in [0, 0.1) is 0 Å². The van der Waals surface area contributed by atoms with Crippen molar-refractivity contribution in [3.63, 3.8) is 0 Å². The quantitative estimate of drug-likeness (QED) is 0.0750. The number of carbonyl (C=O) groups is 5. The van der Waals surface area contributed by atoms with Crippen molar-refractivity contribution in [2.45, 2.75) is 90.4 Å². The molecule has 58 heavy (non-hydrogen) atoms. The SMILES string of the molecule is C[C@@H](NC(=O)[C@H](Cc1c[nH]c2ccccc12)NC(=O)OC(C)(C)C)C(=O)N[C@@H](Cc1ccc(OCc2ccccc2)cc1)C(=O)N[C@H](C)C(=O)OCc1ccccc1. The molecule has 0 aliphatic heterocycles. The van der Waals surface area contributed by atoms with Crippen molar-refractivity contribution in [2.75, 3.05) is 0 Å². The number of ether oxygens (including phenoxy) is 3. The molecule has 1 heterocycles. The van der Waals surface area contributed by atoms with Gasteiger partial charge in [0.2, 0.25) is 17.7 Å². The number of fused-ring (bicyclic) bond motifs is 1. The zero-order valence-corrected chi connectivity index (χ0v) is 33.4. The fourth-order valence-electron chi connectivity index (χ4n) is 5.99. The molecule has 5 rings (SSSR count). The third-order valence-electron chi connectivity index (χ3n) is 9.04. The van der Waals surface area contributed by atoms with E-state index in [2.05, 4.69) is 26.3 Å². The first-order valence-corrected chi connectivity index (χ1v) is 19.2. The number of aromatic amines is 1. The van der Waals surface area contributed by atoms with Crippen LogP contribution in [0.2, 0.25) is 0 Å². The molecule has 0 aliphatic rings. The molecule has 5 N–H and O–H groups in total. The summed E-state index contributed by atoms with van der Waals surface area (Å²) in [5.74, 6) is -1.98. The molecular formula is C45H51N5O8. The largest absolute Gasteiger partial charge is 0.489 e. The van der Waals surface area contributed by atoms with Gasteiger partial charge >= 0.3 is 12.1 Å². The number of hydrogen-bond donors (Lipinski definition) is 5. The second kappa shape index (κ2) is 20.0. The summed E-state index contributed by atoms with van der Waals surface area (Å²) in [4.78, 5) is 70.2. The molecule has 0 aliphatic carbocycles. The molecule has 4 atom stereocenters. The van der Waals surface area contributed by atoms with Crippen LogP contribution in [0.25, 0.3) is 10.9 Å². The Morgan fingerprint density at radius 1 is 0.603 bits per heavy atom. The van der Waals surface area contributed by atoms with Gasteiger partial charge in [-0.3, -0.25) is 14.4 Å². The van der Waals surface area contributed by atoms with E-state index in [1.54, 1.807) is 51.2 Å². The summed E-state index contributed by atoms with van der Waals surface area (Å²) >= 11 is 0. The van der Waals surface area contributed by atoms with E-state index in [0.29, 0.717) is 17.9 Å². The van der Waals surface area contributed by atoms with Crippen LogP contribution in [0.3, 0.4) is 0 Å². The second-order valence-corrected chi connectivity index (χ2v) is 15.0. The molecule has 13 heteroatoms. The topological polar surface area (TPSA) is 177 Å². The van der Waals surface area contributed by atoms with Gasteiger partial charge in [-0.25, -0.2) is 9.59 Å². The Morgan fingerprint density at radius 3 is 1.81 bits per heavy atom. The Hall–Kier alpha value is -6.63. The van der Waals surface area contributed by atoms with E-state index in [4.69, 9.17) is 14.2 Å². The Balaban J connectivity index is 1.27. The number of nitrogens with one attached hydrogen (secondary N) is 5. The number of hydrogen-bond acceptors (Lipinski definition) is 8. The maximum Gasteiger partial charge on any atom is 0.408 e. The zero-order chi connectivity index (χ0) is 41.7. The minimum Gasteiger partial charge on any atom is -0.489 e. The van der Waals surface area contributed by atoms with Gasteiger partial charge in [-0.05, 0) is 75.1 Å². The van der Waals surface area contributed by atoms with Crippen molar-refractivity contribution in [3.05, 3.63) is 138 Å². The number of amides is 4. The summed E-state index contributed by atoms with van der Waals surface area (Å²) in [6.07, 6.45) is 1.11. The normalized spacial score (nSPS) is 13.3. The highest BCUT2D eigenvalue weighted by Gasteiger charge is 2.31. The first-order valence-electron chi connectivity index (χ1n) is 19.2. The van der Waals surface area contributed by atoms with Gasteiger partial charge in [-0.1, -0.05) is 91.0 Å². The third-order valence-corrected chi connectivity index (χ3v) is 9.04. The van der Waals surface area contributed by atoms with Gasteiger partial charge in [-0.15, -0.1) is 0 Å². The maximum absolute atomic E-state index is 13.8. The van der Waals surface area contributed by atoms with Gasteiger partial charge in [0.15, 0.2) is 0 Å². The first-order chi connectivity index (χ1) is 27.7. The lowest BCUT2D eigenvalue weighted by Crippen LogP contribution is -2.57. The zero-order valence-electron chi connectivity index (χ0n) is 33.4. The highest BCUT2D eigenvalue weighted by atomic mass is 16.6. The van der Waals surface area contributed by atoms with Gasteiger partial charge in [-0.2, -0.15) is 0 Å². The van der Waals surface area contributed by atoms with Crippen molar-refractivity contribution in [1.82, 2.24) is 26.3 Å². The summed E-state index contributed by atoms with van der Waals surface area (Å²) in [6.45, 7) is 8.51. The van der Waals surface area contributed by atoms with Crippen molar-refractivity contribution in [3.8, 4) is 5.75 Å². The molecule has 0 saturated heterocycles. The van der Waals surface area contributed by atoms with Crippen LogP contribution < -0.4 is 26.0 Å². The summed E-state index contributed by atoms with van der Waals surface area (Å²) in [5, 5.41) is 11.6. The fraction of sp³-hybridized carbons (Fsp3) is 0.311. The minimum absolute atomic E-state index is 0.0278. The van der Waals surface area contributed by atoms with E-state index in [1.165, 1.54) is 13.8 Å². The molecule has 304 valence electrons. The standard InChI is InChI=1S/C45H51N5O8/c1-29(47-42(53)39(50-44(55)58-45(3,4)5)25-34-26-46-37-19-13-12-18-36(34)37)40(51)49-38(41(52)48-30(2)43(54)57-28-33-16-10-7-11-17-33)24-31-20-22-35(23-21-31)56-27-32-14-8-6-9-15-32/h6-23,26,29-30,38-39,46H,24-25,27-28H2,1-5H3,(H,47,53)(H,48,52)(H,49,51)(H,50,55)/t29-,30-,38+,39+/m1/s1. The van der Waals surface area contributed by atoms with E-state index in [1.807, 2.05) is 84.9 Å². The van der Waals surface area contributed by atoms with E-state index < -0.39 is 59.6 Å². The Kier molecular flexibility index (Phi) is 14.7. The van der Waals surface area contributed by atoms with Crippen LogP contribution in [0.4, 0.5) is 4.79 Å². The number of benzene rings is 4. The van der Waals surface area contributed by atoms with Crippen molar-refractivity contribution >= 4 is 40.7 Å². The van der Waals surface area contributed by atoms with Crippen molar-refractivity contribution < 1.29 is 38.2 Å². The van der Waals surface area contributed by atoms with Crippen LogP contribution in [-0.2, 0) is 54.7 Å². The minimum atomic E-state index is -1.16. The first kappa shape index (κ1) is 42.5. The van der Waals surface area contributed by atoms with Crippen molar-refractivity contribution in [2.24, 2.45) is 0 Å². The lowest BCUT2D eigenvalue weighted by molar-refractivity contribution is -0.148. The molecule has 0 spiro atoms. The van der Waals surface area contributed by atoms with Gasteiger partial charge in [0, 0.05) is 29.9 Å². The van der Waals surface area contributed by atoms with Crippen LogP contribution in [0.1, 0.15) is 56.9 Å². The molecule has 0 unspecified atom stereocenters. The predicted octanol–water partition coefficient (Wildman–Crippen LogP) is 5.66. The van der Waals surface area contributed by atoms with E-state index in [9.17, 15) is 24.0 Å². The molecule has 0 radical (unpaired) electrons. The Labute approximate surface area is 338 Å². The molecule has 4 aromatic carbocycles. The number of para-hydroxylation sites is 1. The predicted molar refractivity (Wildman–Crippen MR) is 219 cm³/mol. The van der Waals surface area contributed by atoms with Gasteiger partial charge in [0.05, 0.1) is 0 Å². The van der Waals surface area contributed by atoms with Crippen LogP contribution in [-0.4, -0.2) is 64.5 Å². The van der Waals surface area contributed by atoms with E-state index >= 15 is 0 Å². The van der Waals surface area contributed by atoms with Gasteiger partial charge < -0.3 is 40.5 Å². The molecular weight excluding hydrogens is 739 g/mol. The Morgan fingerprint density at radius 2 is 1.17 bits per heavy atom. The number of alkyl carbamates (subject to hydrolysis) is 1. The monoisotopic (exact) mass is 789 g/mol. The molecule has 4 amide bonds. The average Bonchev–Trinajstić information content (AvgIpc) is 3.61. The van der Waals surface area contributed by atoms with Crippen LogP contribution >= 0.6 is 0 Å². The molecule has 0 fully saturated rings. The average molecular weight is 790 g/mol. The van der Waals surface area contributed by atoms with E-state index in [0.717, 1.165) is 27.6 Å². The number of rotatable bonds is 17. The number of H-pyrrole nitrogens is 1. The highest BCUT2D eigenvalue weighted by molar-refractivity contribution is 5.95. The fourth-order valence-corrected chi connectivity index (χ4v) is 5.99. The lowest BCUT2D eigenvalue weighted by Gasteiger charge is -2.25. The molecule has 0 bridgehead atoms. The summed E-state index contributed by atoms with van der Waals surface area (Å²) in [7, 11) is 0. The summed E-state index contributed by atoms with van der Waals surface area (Å²) < 4.78 is 16.8. The van der Waals surface area contributed by atoms with E-state index in [-0.39, 0.29) is 19.4 Å². The summed E-state index contributed by atoms with van der Waals surface area (Å²) in [6, 6.07) is 29.1. The van der Waals surface area contributed by atoms with Gasteiger partial charge in [0.25, 0.3) is 0 Å². The smallest absolute Gasteiger partial charge is 0.408 e. The van der Waals surface area contributed by atoms with Crippen LogP contribution in [0.5, 0.6) is 5.75 Å². The van der Waals surface area contributed by atoms with Crippen molar-refractivity contribution in [1.29, 1.82) is 0 Å². The molecule has 5 aromatic rings. The number of aromatic nitrogens is 1. The lowest BCUT2D eigenvalue weighted by atomic mass is 10.0. The highest BCUT2D eigenvalue weighted by Crippen LogP contribution is 2.20. The maximum atomic E-state index is 13.8. The molecule has 1 aromatic heterocycles. The molecule has 13 nitrogen and oxygen atoms in total. The second-order valence-electron chi connectivity index (χ2n) is 15.0. The molecule has 0 saturated carbocycles. The van der Waals surface area contributed by atoms with Gasteiger partial charge in [0.1, 0.15) is 48.7 Å². The van der Waals surface area contributed by atoms with Crippen LogP contribution in [0.15, 0.2) is 115 Å². The third kappa shape index (κ3) is 13.0. The number of esters is 1. The number of carbonyl (C=O) groups excluding carboxylic acids is 5. The summed E-state index contributed by atoms with van der Waals surface area (Å²) in [5.41, 5.74) is 3.31. The Bertz CT molecular complexity index is 2150.